The minimum Gasteiger partial charge on any atom is -0.304 e. The lowest BCUT2D eigenvalue weighted by molar-refractivity contribution is 0.0120. The quantitative estimate of drug-likeness (QED) is 0.546. The Hall–Kier alpha value is -0.160. The summed E-state index contributed by atoms with van der Waals surface area (Å²) in [6.07, 6.45) is 4.64. The van der Waals surface area contributed by atoms with Gasteiger partial charge in [0.2, 0.25) is 0 Å². The van der Waals surface area contributed by atoms with Gasteiger partial charge in [-0.15, -0.1) is 0 Å². The normalized spacial score (nSPS) is 32.2. The lowest BCUT2D eigenvalue weighted by Crippen LogP contribution is -2.61. The monoisotopic (exact) mass is 172 g/mol. The fourth-order valence-corrected chi connectivity index (χ4v) is 1.88. The van der Waals surface area contributed by atoms with E-state index in [0.29, 0.717) is 12.3 Å². The average molecular weight is 172 g/mol. The summed E-state index contributed by atoms with van der Waals surface area (Å²) in [4.78, 5) is 0. The summed E-state index contributed by atoms with van der Waals surface area (Å²) < 4.78 is 0. The zero-order valence-corrected chi connectivity index (χ0v) is 8.22. The number of hydrazine groups is 1. The van der Waals surface area contributed by atoms with Gasteiger partial charge in [0.1, 0.15) is 0 Å². The van der Waals surface area contributed by atoms with Gasteiger partial charge in [-0.1, -0.05) is 0 Å². The molecule has 0 aromatic rings. The summed E-state index contributed by atoms with van der Waals surface area (Å²) in [5.41, 5.74) is 3.21. The number of nitrogens with zero attached hydrogens (tertiary/aromatic N) is 1. The van der Waals surface area contributed by atoms with Gasteiger partial charge in [-0.25, -0.2) is 5.01 Å². The van der Waals surface area contributed by atoms with Gasteiger partial charge in [-0.3, -0.25) is 5.43 Å². The van der Waals surface area contributed by atoms with Crippen LogP contribution in [-0.4, -0.2) is 38.5 Å². The third kappa shape index (κ3) is 1.95. The van der Waals surface area contributed by atoms with E-state index in [0.717, 1.165) is 0 Å². The molecule has 0 radical (unpaired) electrons. The molecule has 2 unspecified atom stereocenters. The second-order valence-corrected chi connectivity index (χ2v) is 3.17. The summed E-state index contributed by atoms with van der Waals surface area (Å²) in [5, 5.41) is 8.82. The van der Waals surface area contributed by atoms with Crippen LogP contribution in [0.5, 0.6) is 0 Å². The molecular formula is C8H20N4. The summed E-state index contributed by atoms with van der Waals surface area (Å²) in [5.74, 6) is 0. The molecule has 1 heterocycles. The van der Waals surface area contributed by atoms with Crippen molar-refractivity contribution in [2.24, 2.45) is 0 Å². The zero-order valence-electron chi connectivity index (χ0n) is 8.22. The van der Waals surface area contributed by atoms with Crippen LogP contribution in [0.25, 0.3) is 0 Å². The standard InChI is InChI=1S/C8H20N4/c1-9-7-5-4-6-8(10-2)12(7)11-3/h7-11H,4-6H2,1-3H3. The molecule has 0 aromatic carbocycles. The Morgan fingerprint density at radius 3 is 1.83 bits per heavy atom. The maximum Gasteiger partial charge on any atom is 0.0748 e. The number of hydrogen-bond donors (Lipinski definition) is 3. The first-order chi connectivity index (χ1) is 5.83. The third-order valence-electron chi connectivity index (χ3n) is 2.55. The predicted molar refractivity (Wildman–Crippen MR) is 50.4 cm³/mol. The van der Waals surface area contributed by atoms with E-state index in [1.54, 1.807) is 0 Å². The van der Waals surface area contributed by atoms with Crippen LogP contribution in [0, 0.1) is 0 Å². The Kier molecular flexibility index (Phi) is 3.94. The van der Waals surface area contributed by atoms with E-state index in [9.17, 15) is 0 Å². The van der Waals surface area contributed by atoms with Crippen molar-refractivity contribution in [3.8, 4) is 0 Å². The molecule has 12 heavy (non-hydrogen) atoms. The zero-order chi connectivity index (χ0) is 8.97. The van der Waals surface area contributed by atoms with Crippen molar-refractivity contribution in [1.82, 2.24) is 21.1 Å². The van der Waals surface area contributed by atoms with Crippen molar-refractivity contribution in [3.63, 3.8) is 0 Å². The highest BCUT2D eigenvalue weighted by atomic mass is 15.6. The van der Waals surface area contributed by atoms with E-state index in [2.05, 4.69) is 21.1 Å². The van der Waals surface area contributed by atoms with Gasteiger partial charge in [0.05, 0.1) is 12.3 Å². The molecule has 0 bridgehead atoms. The summed E-state index contributed by atoms with van der Waals surface area (Å²) in [6, 6.07) is 0. The van der Waals surface area contributed by atoms with Crippen molar-refractivity contribution in [2.75, 3.05) is 21.1 Å². The van der Waals surface area contributed by atoms with Crippen molar-refractivity contribution >= 4 is 0 Å². The SMILES string of the molecule is CNC1CCCC(NC)N1NC. The van der Waals surface area contributed by atoms with Crippen molar-refractivity contribution in [1.29, 1.82) is 0 Å². The molecular weight excluding hydrogens is 152 g/mol. The van der Waals surface area contributed by atoms with E-state index < -0.39 is 0 Å². The first kappa shape index (κ1) is 9.92. The number of hydrogen-bond acceptors (Lipinski definition) is 4. The molecule has 1 aliphatic rings. The lowest BCUT2D eigenvalue weighted by Gasteiger charge is -2.40. The minimum absolute atomic E-state index is 0.459. The van der Waals surface area contributed by atoms with Crippen LogP contribution in [-0.2, 0) is 0 Å². The number of piperidine rings is 1. The smallest absolute Gasteiger partial charge is 0.0748 e. The van der Waals surface area contributed by atoms with Crippen LogP contribution in [0.3, 0.4) is 0 Å². The van der Waals surface area contributed by atoms with Gasteiger partial charge in [-0.2, -0.15) is 0 Å². The van der Waals surface area contributed by atoms with Crippen LogP contribution < -0.4 is 16.1 Å². The Labute approximate surface area is 74.7 Å². The molecule has 3 N–H and O–H groups in total. The molecule has 0 saturated carbocycles. The van der Waals surface area contributed by atoms with Gasteiger partial charge in [0.25, 0.3) is 0 Å². The summed E-state index contributed by atoms with van der Waals surface area (Å²) >= 11 is 0. The van der Waals surface area contributed by atoms with E-state index in [1.165, 1.54) is 19.3 Å². The van der Waals surface area contributed by atoms with Gasteiger partial charge < -0.3 is 10.6 Å². The van der Waals surface area contributed by atoms with Crippen molar-refractivity contribution in [3.05, 3.63) is 0 Å². The Morgan fingerprint density at radius 1 is 1.00 bits per heavy atom. The average Bonchev–Trinajstić information content (AvgIpc) is 2.16. The van der Waals surface area contributed by atoms with Crippen LogP contribution >= 0.6 is 0 Å². The van der Waals surface area contributed by atoms with E-state index in [1.807, 2.05) is 21.1 Å². The highest BCUT2D eigenvalue weighted by Gasteiger charge is 2.27. The van der Waals surface area contributed by atoms with Gasteiger partial charge in [0, 0.05) is 0 Å². The van der Waals surface area contributed by atoms with E-state index in [4.69, 9.17) is 0 Å². The molecule has 4 nitrogen and oxygen atoms in total. The molecule has 0 aromatic heterocycles. The highest BCUT2D eigenvalue weighted by molar-refractivity contribution is 4.77. The fourth-order valence-electron chi connectivity index (χ4n) is 1.88. The molecule has 72 valence electrons. The van der Waals surface area contributed by atoms with Crippen molar-refractivity contribution in [2.45, 2.75) is 31.6 Å². The van der Waals surface area contributed by atoms with Gasteiger partial charge in [0.15, 0.2) is 0 Å². The van der Waals surface area contributed by atoms with Crippen LogP contribution in [0.15, 0.2) is 0 Å². The largest absolute Gasteiger partial charge is 0.304 e. The lowest BCUT2D eigenvalue weighted by atomic mass is 10.1. The number of nitrogens with one attached hydrogen (secondary N) is 3. The maximum absolute atomic E-state index is 3.29. The summed E-state index contributed by atoms with van der Waals surface area (Å²) in [6.45, 7) is 0. The summed E-state index contributed by atoms with van der Waals surface area (Å²) in [7, 11) is 5.99. The Morgan fingerprint density at radius 2 is 1.50 bits per heavy atom. The molecule has 1 aliphatic heterocycles. The molecule has 0 amide bonds. The maximum atomic E-state index is 3.29. The number of rotatable bonds is 3. The topological polar surface area (TPSA) is 39.3 Å². The molecule has 1 rings (SSSR count). The van der Waals surface area contributed by atoms with Crippen LogP contribution in [0.1, 0.15) is 19.3 Å². The first-order valence-electron chi connectivity index (χ1n) is 4.63. The highest BCUT2D eigenvalue weighted by Crippen LogP contribution is 2.16. The molecule has 1 saturated heterocycles. The fraction of sp³-hybridized carbons (Fsp3) is 1.00. The second kappa shape index (κ2) is 4.77. The molecule has 1 fully saturated rings. The minimum atomic E-state index is 0.459. The molecule has 0 spiro atoms. The van der Waals surface area contributed by atoms with Gasteiger partial charge in [-0.05, 0) is 40.4 Å². The van der Waals surface area contributed by atoms with Crippen LogP contribution in [0.4, 0.5) is 0 Å². The van der Waals surface area contributed by atoms with Crippen LogP contribution in [0.2, 0.25) is 0 Å². The molecule has 4 heteroatoms. The van der Waals surface area contributed by atoms with Gasteiger partial charge >= 0.3 is 0 Å². The first-order valence-corrected chi connectivity index (χ1v) is 4.63. The second-order valence-electron chi connectivity index (χ2n) is 3.17. The third-order valence-corrected chi connectivity index (χ3v) is 2.55. The Bertz CT molecular complexity index is 116. The molecule has 2 atom stereocenters. The van der Waals surface area contributed by atoms with E-state index in [-0.39, 0.29) is 0 Å². The Balaban J connectivity index is 2.52. The predicted octanol–water partition coefficient (Wildman–Crippen LogP) is -0.302. The van der Waals surface area contributed by atoms with E-state index >= 15 is 0 Å². The van der Waals surface area contributed by atoms with Crippen molar-refractivity contribution < 1.29 is 0 Å². The molecule has 0 aliphatic carbocycles.